The first-order valence-corrected chi connectivity index (χ1v) is 5.25. The van der Waals surface area contributed by atoms with Crippen molar-refractivity contribution in [3.8, 4) is 11.4 Å². The Balaban J connectivity index is 2.54. The van der Waals surface area contributed by atoms with Crippen LogP contribution < -0.4 is 0 Å². The molecule has 6 heteroatoms. The van der Waals surface area contributed by atoms with Crippen LogP contribution in [0.15, 0.2) is 18.2 Å². The van der Waals surface area contributed by atoms with E-state index in [4.69, 9.17) is 0 Å². The van der Waals surface area contributed by atoms with Gasteiger partial charge in [0.1, 0.15) is 5.82 Å². The lowest BCUT2D eigenvalue weighted by molar-refractivity contribution is 0.620. The van der Waals surface area contributed by atoms with Gasteiger partial charge in [0.2, 0.25) is 5.82 Å². The van der Waals surface area contributed by atoms with Gasteiger partial charge < -0.3 is 0 Å². The molecule has 15 heavy (non-hydrogen) atoms. The van der Waals surface area contributed by atoms with Gasteiger partial charge in [-0.1, -0.05) is 6.07 Å². The van der Waals surface area contributed by atoms with E-state index in [2.05, 4.69) is 20.4 Å². The molecule has 1 aromatic carbocycles. The van der Waals surface area contributed by atoms with E-state index in [1.807, 2.05) is 22.6 Å². The Kier molecular flexibility index (Phi) is 2.85. The average Bonchev–Trinajstić information content (AvgIpc) is 2.24. The van der Waals surface area contributed by atoms with Crippen LogP contribution in [0.2, 0.25) is 0 Å². The summed E-state index contributed by atoms with van der Waals surface area (Å²) in [6, 6.07) is 5.02. The van der Waals surface area contributed by atoms with Crippen molar-refractivity contribution >= 4 is 22.6 Å². The maximum atomic E-state index is 13.6. The Bertz CT molecular complexity index is 486. The largest absolute Gasteiger partial charge is 0.206 e. The van der Waals surface area contributed by atoms with Gasteiger partial charge in [0.05, 0.1) is 5.56 Å². The molecule has 0 fully saturated rings. The first kappa shape index (κ1) is 10.3. The second kappa shape index (κ2) is 4.13. The molecule has 0 spiro atoms. The molecule has 0 radical (unpaired) electrons. The van der Waals surface area contributed by atoms with Crippen molar-refractivity contribution < 1.29 is 4.39 Å². The maximum absolute atomic E-state index is 13.6. The molecule has 2 aromatic rings. The number of nitrogens with zero attached hydrogens (tertiary/aromatic N) is 4. The molecule has 4 nitrogen and oxygen atoms in total. The molecule has 0 amide bonds. The van der Waals surface area contributed by atoms with Crippen molar-refractivity contribution in [1.29, 1.82) is 0 Å². The molecule has 0 aliphatic carbocycles. The molecule has 1 heterocycles. The Labute approximate surface area is 99.1 Å². The second-order valence-corrected chi connectivity index (χ2v) is 4.03. The highest BCUT2D eigenvalue weighted by atomic mass is 127. The smallest absolute Gasteiger partial charge is 0.205 e. The lowest BCUT2D eigenvalue weighted by Crippen LogP contribution is -2.00. The number of aromatic nitrogens is 4. The van der Waals surface area contributed by atoms with Crippen LogP contribution in [-0.4, -0.2) is 20.4 Å². The third-order valence-electron chi connectivity index (χ3n) is 1.77. The average molecular weight is 316 g/mol. The highest BCUT2D eigenvalue weighted by Crippen LogP contribution is 2.21. The summed E-state index contributed by atoms with van der Waals surface area (Å²) in [5, 5.41) is 15.0. The Morgan fingerprint density at radius 2 is 1.80 bits per heavy atom. The highest BCUT2D eigenvalue weighted by Gasteiger charge is 2.11. The highest BCUT2D eigenvalue weighted by molar-refractivity contribution is 14.1. The molecular formula is C9H6FIN4. The lowest BCUT2D eigenvalue weighted by atomic mass is 10.2. The number of rotatable bonds is 1. The SMILES string of the molecule is Cc1nnc(-c2cccc(I)c2F)nn1. The summed E-state index contributed by atoms with van der Waals surface area (Å²) in [4.78, 5) is 0. The zero-order valence-corrected chi connectivity index (χ0v) is 9.93. The van der Waals surface area contributed by atoms with Gasteiger partial charge in [-0.15, -0.1) is 20.4 Å². The summed E-state index contributed by atoms with van der Waals surface area (Å²) in [7, 11) is 0. The Morgan fingerprint density at radius 3 is 2.47 bits per heavy atom. The predicted octanol–water partition coefficient (Wildman–Crippen LogP) is 1.99. The molecule has 0 N–H and O–H groups in total. The molecule has 0 atom stereocenters. The Morgan fingerprint density at radius 1 is 1.13 bits per heavy atom. The minimum atomic E-state index is -0.342. The monoisotopic (exact) mass is 316 g/mol. The third kappa shape index (κ3) is 2.09. The van der Waals surface area contributed by atoms with Crippen LogP contribution in [0.1, 0.15) is 5.82 Å². The summed E-state index contributed by atoms with van der Waals surface area (Å²) in [5.41, 5.74) is 0.321. The van der Waals surface area contributed by atoms with Crippen molar-refractivity contribution in [1.82, 2.24) is 20.4 Å². The van der Waals surface area contributed by atoms with Crippen LogP contribution in [-0.2, 0) is 0 Å². The lowest BCUT2D eigenvalue weighted by Gasteiger charge is -2.01. The van der Waals surface area contributed by atoms with Crippen LogP contribution in [0.25, 0.3) is 11.4 Å². The van der Waals surface area contributed by atoms with Gasteiger partial charge in [-0.25, -0.2) is 4.39 Å². The van der Waals surface area contributed by atoms with E-state index in [1.165, 1.54) is 0 Å². The zero-order valence-electron chi connectivity index (χ0n) is 7.78. The van der Waals surface area contributed by atoms with Gasteiger partial charge in [-0.3, -0.25) is 0 Å². The van der Waals surface area contributed by atoms with E-state index in [-0.39, 0.29) is 11.6 Å². The van der Waals surface area contributed by atoms with Crippen molar-refractivity contribution in [2.45, 2.75) is 6.92 Å². The summed E-state index contributed by atoms with van der Waals surface area (Å²) in [6.45, 7) is 1.68. The molecule has 0 aliphatic rings. The molecule has 2 rings (SSSR count). The van der Waals surface area contributed by atoms with E-state index in [0.717, 1.165) is 0 Å². The van der Waals surface area contributed by atoms with E-state index >= 15 is 0 Å². The van der Waals surface area contributed by atoms with Crippen LogP contribution in [0.5, 0.6) is 0 Å². The third-order valence-corrected chi connectivity index (χ3v) is 2.60. The molecule has 1 aromatic heterocycles. The Hall–Kier alpha value is -1.18. The number of benzene rings is 1. The van der Waals surface area contributed by atoms with Crippen molar-refractivity contribution in [3.05, 3.63) is 33.4 Å². The number of hydrogen-bond acceptors (Lipinski definition) is 4. The number of aryl methyl sites for hydroxylation is 1. The van der Waals surface area contributed by atoms with Crippen molar-refractivity contribution in [2.24, 2.45) is 0 Å². The summed E-state index contributed by atoms with van der Waals surface area (Å²) >= 11 is 1.91. The first-order chi connectivity index (χ1) is 7.18. The van der Waals surface area contributed by atoms with Gasteiger partial charge in [0, 0.05) is 3.57 Å². The van der Waals surface area contributed by atoms with E-state index in [9.17, 15) is 4.39 Å². The molecular weight excluding hydrogens is 310 g/mol. The quantitative estimate of drug-likeness (QED) is 0.755. The van der Waals surface area contributed by atoms with Crippen LogP contribution in [0.3, 0.4) is 0 Å². The van der Waals surface area contributed by atoms with Crippen LogP contribution in [0.4, 0.5) is 4.39 Å². The van der Waals surface area contributed by atoms with Gasteiger partial charge in [-0.2, -0.15) is 0 Å². The van der Waals surface area contributed by atoms with Crippen LogP contribution >= 0.6 is 22.6 Å². The molecule has 0 saturated carbocycles. The zero-order chi connectivity index (χ0) is 10.8. The number of halogens is 2. The molecule has 0 unspecified atom stereocenters. The molecule has 0 aliphatic heterocycles. The molecule has 0 bridgehead atoms. The fourth-order valence-electron chi connectivity index (χ4n) is 1.06. The predicted molar refractivity (Wildman–Crippen MR) is 60.5 cm³/mol. The fourth-order valence-corrected chi connectivity index (χ4v) is 1.56. The van der Waals surface area contributed by atoms with Gasteiger partial charge >= 0.3 is 0 Å². The standard InChI is InChI=1S/C9H6FIN4/c1-5-12-14-9(15-13-5)6-3-2-4-7(11)8(6)10/h2-4H,1H3. The van der Waals surface area contributed by atoms with Gasteiger partial charge in [-0.05, 0) is 41.6 Å². The van der Waals surface area contributed by atoms with E-state index in [0.29, 0.717) is 15.0 Å². The molecule has 0 saturated heterocycles. The maximum Gasteiger partial charge on any atom is 0.206 e. The summed E-state index contributed by atoms with van der Waals surface area (Å²) in [5.74, 6) is 0.326. The topological polar surface area (TPSA) is 51.6 Å². The summed E-state index contributed by atoms with van der Waals surface area (Å²) in [6.07, 6.45) is 0. The first-order valence-electron chi connectivity index (χ1n) is 4.17. The minimum Gasteiger partial charge on any atom is -0.205 e. The van der Waals surface area contributed by atoms with E-state index in [1.54, 1.807) is 25.1 Å². The van der Waals surface area contributed by atoms with Crippen molar-refractivity contribution in [3.63, 3.8) is 0 Å². The normalized spacial score (nSPS) is 10.3. The van der Waals surface area contributed by atoms with Gasteiger partial charge in [0.15, 0.2) is 5.82 Å². The molecule has 76 valence electrons. The minimum absolute atomic E-state index is 0.205. The van der Waals surface area contributed by atoms with E-state index < -0.39 is 0 Å². The second-order valence-electron chi connectivity index (χ2n) is 2.87. The van der Waals surface area contributed by atoms with Gasteiger partial charge in [0.25, 0.3) is 0 Å². The van der Waals surface area contributed by atoms with Crippen molar-refractivity contribution in [2.75, 3.05) is 0 Å². The summed E-state index contributed by atoms with van der Waals surface area (Å²) < 4.78 is 14.2. The fraction of sp³-hybridized carbons (Fsp3) is 0.111. The van der Waals surface area contributed by atoms with Crippen LogP contribution in [0, 0.1) is 16.3 Å². The number of hydrogen-bond donors (Lipinski definition) is 0.